The molecule has 0 aliphatic heterocycles. The maximum atomic E-state index is 13.1. The van der Waals surface area contributed by atoms with Crippen molar-refractivity contribution in [2.24, 2.45) is 5.73 Å². The highest BCUT2D eigenvalue weighted by atomic mass is 35.5. The van der Waals surface area contributed by atoms with Crippen LogP contribution < -0.4 is 10.5 Å². The van der Waals surface area contributed by atoms with Crippen molar-refractivity contribution in [2.75, 3.05) is 0 Å². The third-order valence-electron chi connectivity index (χ3n) is 2.72. The molecule has 2 N–H and O–H groups in total. The standard InChI is InChI=1S/C14H10F5NO.ClH/c15-10-5-9(6-11(16)7-10)13(20)8-1-3-12(4-2-8)21-14(17,18)19;/h1-7,13H,20H2;1H/t13-;/m0./s1. The molecule has 2 rings (SSSR count). The van der Waals surface area contributed by atoms with Crippen molar-refractivity contribution in [2.45, 2.75) is 12.4 Å². The van der Waals surface area contributed by atoms with Gasteiger partial charge in [0.1, 0.15) is 17.4 Å². The van der Waals surface area contributed by atoms with Crippen LogP contribution in [0.3, 0.4) is 0 Å². The lowest BCUT2D eigenvalue weighted by Gasteiger charge is -2.14. The van der Waals surface area contributed by atoms with Crippen molar-refractivity contribution in [3.05, 3.63) is 65.2 Å². The molecule has 0 aliphatic rings. The van der Waals surface area contributed by atoms with Gasteiger partial charge in [-0.1, -0.05) is 12.1 Å². The van der Waals surface area contributed by atoms with E-state index in [0.717, 1.165) is 24.3 Å². The van der Waals surface area contributed by atoms with Gasteiger partial charge in [0.25, 0.3) is 0 Å². The van der Waals surface area contributed by atoms with Crippen molar-refractivity contribution < 1.29 is 26.7 Å². The highest BCUT2D eigenvalue weighted by molar-refractivity contribution is 5.85. The molecule has 0 bridgehead atoms. The van der Waals surface area contributed by atoms with Gasteiger partial charge in [-0.3, -0.25) is 0 Å². The van der Waals surface area contributed by atoms with Crippen LogP contribution in [-0.2, 0) is 0 Å². The summed E-state index contributed by atoms with van der Waals surface area (Å²) in [6.45, 7) is 0. The van der Waals surface area contributed by atoms with Gasteiger partial charge in [0, 0.05) is 6.07 Å². The number of halogens is 6. The molecule has 22 heavy (non-hydrogen) atoms. The Morgan fingerprint density at radius 1 is 0.864 bits per heavy atom. The lowest BCUT2D eigenvalue weighted by molar-refractivity contribution is -0.274. The molecule has 0 amide bonds. The minimum atomic E-state index is -4.78. The first-order valence-electron chi connectivity index (χ1n) is 5.82. The van der Waals surface area contributed by atoms with Gasteiger partial charge in [0.05, 0.1) is 6.04 Å². The Labute approximate surface area is 129 Å². The molecule has 2 aromatic rings. The van der Waals surface area contributed by atoms with E-state index in [2.05, 4.69) is 4.74 Å². The Kier molecular flexibility index (Phi) is 5.73. The summed E-state index contributed by atoms with van der Waals surface area (Å²) in [5.74, 6) is -1.96. The second-order valence-electron chi connectivity index (χ2n) is 4.30. The van der Waals surface area contributed by atoms with Gasteiger partial charge in [0.2, 0.25) is 0 Å². The van der Waals surface area contributed by atoms with Crippen LogP contribution in [-0.4, -0.2) is 6.36 Å². The van der Waals surface area contributed by atoms with Crippen LogP contribution in [0.5, 0.6) is 5.75 Å². The lowest BCUT2D eigenvalue weighted by atomic mass is 9.99. The zero-order valence-corrected chi connectivity index (χ0v) is 11.7. The van der Waals surface area contributed by atoms with E-state index in [1.807, 2.05) is 0 Å². The monoisotopic (exact) mass is 339 g/mol. The van der Waals surface area contributed by atoms with Crippen LogP contribution in [0.1, 0.15) is 17.2 Å². The van der Waals surface area contributed by atoms with E-state index in [9.17, 15) is 22.0 Å². The Morgan fingerprint density at radius 2 is 1.36 bits per heavy atom. The number of nitrogens with two attached hydrogens (primary N) is 1. The third kappa shape index (κ3) is 4.85. The van der Waals surface area contributed by atoms with Crippen molar-refractivity contribution >= 4 is 12.4 Å². The van der Waals surface area contributed by atoms with Crippen molar-refractivity contribution in [3.8, 4) is 5.75 Å². The fraction of sp³-hybridized carbons (Fsp3) is 0.143. The van der Waals surface area contributed by atoms with Crippen LogP contribution >= 0.6 is 12.4 Å². The molecule has 0 fully saturated rings. The first-order valence-corrected chi connectivity index (χ1v) is 5.82. The molecular formula is C14H11ClF5NO. The number of alkyl halides is 3. The fourth-order valence-electron chi connectivity index (χ4n) is 1.82. The summed E-state index contributed by atoms with van der Waals surface area (Å²) >= 11 is 0. The maximum absolute atomic E-state index is 13.1. The van der Waals surface area contributed by atoms with E-state index in [4.69, 9.17) is 5.73 Å². The highest BCUT2D eigenvalue weighted by Gasteiger charge is 2.31. The van der Waals surface area contributed by atoms with Crippen molar-refractivity contribution in [1.82, 2.24) is 0 Å². The molecule has 1 atom stereocenters. The van der Waals surface area contributed by atoms with Crippen LogP contribution in [0.4, 0.5) is 22.0 Å². The SMILES string of the molecule is Cl.N[C@@H](c1ccc(OC(F)(F)F)cc1)c1cc(F)cc(F)c1. The second kappa shape index (κ2) is 6.93. The third-order valence-corrected chi connectivity index (χ3v) is 2.72. The summed E-state index contributed by atoms with van der Waals surface area (Å²) in [6.07, 6.45) is -4.78. The molecule has 0 radical (unpaired) electrons. The van der Waals surface area contributed by atoms with E-state index in [0.29, 0.717) is 11.6 Å². The van der Waals surface area contributed by atoms with Crippen LogP contribution in [0.25, 0.3) is 0 Å². The zero-order valence-electron chi connectivity index (χ0n) is 10.9. The summed E-state index contributed by atoms with van der Waals surface area (Å²) in [5.41, 5.74) is 6.41. The Balaban J connectivity index is 0.00000242. The molecule has 0 spiro atoms. The predicted octanol–water partition coefficient (Wildman–Crippen LogP) is 4.33. The van der Waals surface area contributed by atoms with Gasteiger partial charge in [-0.25, -0.2) is 8.78 Å². The maximum Gasteiger partial charge on any atom is 0.573 e. The molecule has 0 aromatic heterocycles. The van der Waals surface area contributed by atoms with E-state index in [-0.39, 0.29) is 18.0 Å². The average Bonchev–Trinajstić information content (AvgIpc) is 2.35. The van der Waals surface area contributed by atoms with E-state index >= 15 is 0 Å². The smallest absolute Gasteiger partial charge is 0.406 e. The number of benzene rings is 2. The molecule has 0 saturated heterocycles. The van der Waals surface area contributed by atoms with Crippen LogP contribution in [0.2, 0.25) is 0 Å². The van der Waals surface area contributed by atoms with Crippen molar-refractivity contribution in [3.63, 3.8) is 0 Å². The van der Waals surface area contributed by atoms with Gasteiger partial charge < -0.3 is 10.5 Å². The largest absolute Gasteiger partial charge is 0.573 e. The summed E-state index contributed by atoms with van der Waals surface area (Å²) in [6, 6.07) is 6.73. The van der Waals surface area contributed by atoms with E-state index in [1.165, 1.54) is 12.1 Å². The summed E-state index contributed by atoms with van der Waals surface area (Å²) < 4.78 is 66.0. The molecule has 0 aliphatic carbocycles. The number of hydrogen-bond acceptors (Lipinski definition) is 2. The quantitative estimate of drug-likeness (QED) is 0.845. The summed E-state index contributed by atoms with van der Waals surface area (Å²) in [5, 5.41) is 0. The topological polar surface area (TPSA) is 35.2 Å². The average molecular weight is 340 g/mol. The predicted molar refractivity (Wildman–Crippen MR) is 72.8 cm³/mol. The molecule has 0 unspecified atom stereocenters. The van der Waals surface area contributed by atoms with E-state index in [1.54, 1.807) is 0 Å². The Bertz CT molecular complexity index is 610. The first kappa shape index (κ1) is 18.2. The highest BCUT2D eigenvalue weighted by Crippen LogP contribution is 2.26. The Hall–Kier alpha value is -1.86. The molecule has 0 heterocycles. The normalized spacial score (nSPS) is 12.5. The molecule has 2 aromatic carbocycles. The summed E-state index contributed by atoms with van der Waals surface area (Å²) in [4.78, 5) is 0. The number of hydrogen-bond donors (Lipinski definition) is 1. The number of rotatable bonds is 3. The first-order chi connectivity index (χ1) is 9.74. The molecule has 0 saturated carbocycles. The van der Waals surface area contributed by atoms with Gasteiger partial charge in [-0.2, -0.15) is 0 Å². The van der Waals surface area contributed by atoms with Gasteiger partial charge in [0.15, 0.2) is 0 Å². The van der Waals surface area contributed by atoms with Crippen molar-refractivity contribution in [1.29, 1.82) is 0 Å². The molecule has 2 nitrogen and oxygen atoms in total. The minimum absolute atomic E-state index is 0. The second-order valence-corrected chi connectivity index (χ2v) is 4.30. The molecule has 8 heteroatoms. The number of ether oxygens (including phenoxy) is 1. The van der Waals surface area contributed by atoms with Gasteiger partial charge >= 0.3 is 6.36 Å². The zero-order chi connectivity index (χ0) is 15.6. The Morgan fingerprint density at radius 3 is 1.82 bits per heavy atom. The molecular weight excluding hydrogens is 329 g/mol. The van der Waals surface area contributed by atoms with E-state index < -0.39 is 29.8 Å². The van der Waals surface area contributed by atoms with Crippen LogP contribution in [0.15, 0.2) is 42.5 Å². The van der Waals surface area contributed by atoms with Gasteiger partial charge in [-0.15, -0.1) is 25.6 Å². The molecule has 120 valence electrons. The minimum Gasteiger partial charge on any atom is -0.406 e. The van der Waals surface area contributed by atoms with Crippen LogP contribution in [0, 0.1) is 11.6 Å². The van der Waals surface area contributed by atoms with Gasteiger partial charge in [-0.05, 0) is 35.4 Å². The fourth-order valence-corrected chi connectivity index (χ4v) is 1.82. The lowest BCUT2D eigenvalue weighted by Crippen LogP contribution is -2.17. The summed E-state index contributed by atoms with van der Waals surface area (Å²) in [7, 11) is 0.